The Labute approximate surface area is 181 Å². The molecular formula is C26H26O3S. The lowest BCUT2D eigenvalue weighted by molar-refractivity contribution is 0.306. The third-order valence-electron chi connectivity index (χ3n) is 5.01. The van der Waals surface area contributed by atoms with Crippen molar-refractivity contribution >= 4 is 11.1 Å². The first-order valence-corrected chi connectivity index (χ1v) is 11.1. The highest BCUT2D eigenvalue weighted by Crippen LogP contribution is 2.28. The van der Waals surface area contributed by atoms with Gasteiger partial charge >= 0.3 is 0 Å². The van der Waals surface area contributed by atoms with Crippen LogP contribution in [-0.4, -0.2) is 14.5 Å². The summed E-state index contributed by atoms with van der Waals surface area (Å²) in [6, 6.07) is 22.4. The zero-order valence-electron chi connectivity index (χ0n) is 17.5. The average Bonchev–Trinajstić information content (AvgIpc) is 2.72. The van der Waals surface area contributed by atoms with Crippen molar-refractivity contribution in [2.45, 2.75) is 33.3 Å². The van der Waals surface area contributed by atoms with E-state index in [0.29, 0.717) is 6.61 Å². The van der Waals surface area contributed by atoms with Crippen LogP contribution in [0.5, 0.6) is 5.75 Å². The summed E-state index contributed by atoms with van der Waals surface area (Å²) < 4.78 is 26.3. The van der Waals surface area contributed by atoms with Crippen LogP contribution < -0.4 is 4.74 Å². The summed E-state index contributed by atoms with van der Waals surface area (Å²) in [6.07, 6.45) is 0. The van der Waals surface area contributed by atoms with E-state index in [-0.39, 0.29) is 11.7 Å². The first-order chi connectivity index (χ1) is 14.5. The van der Waals surface area contributed by atoms with Crippen molar-refractivity contribution in [1.82, 2.24) is 0 Å². The van der Waals surface area contributed by atoms with E-state index in [0.717, 1.165) is 16.9 Å². The van der Waals surface area contributed by atoms with Gasteiger partial charge in [-0.05, 0) is 72.4 Å². The highest BCUT2D eigenvalue weighted by Gasteiger charge is 2.12. The molecule has 0 radical (unpaired) electrons. The minimum Gasteiger partial charge on any atom is -0.489 e. The number of hydrogen-bond donors (Lipinski definition) is 1. The molecule has 0 aliphatic rings. The quantitative estimate of drug-likeness (QED) is 0.385. The summed E-state index contributed by atoms with van der Waals surface area (Å²) in [5, 5.41) is 0. The highest BCUT2D eigenvalue weighted by atomic mass is 32.2. The fraction of sp³-hybridized carbons (Fsp3) is 0.231. The second-order valence-electron chi connectivity index (χ2n) is 7.26. The van der Waals surface area contributed by atoms with E-state index in [4.69, 9.17) is 4.74 Å². The lowest BCUT2D eigenvalue weighted by Gasteiger charge is -2.13. The maximum atomic E-state index is 11.2. The molecular weight excluding hydrogens is 392 g/mol. The van der Waals surface area contributed by atoms with Crippen LogP contribution in [0, 0.1) is 25.7 Å². The summed E-state index contributed by atoms with van der Waals surface area (Å²) in [5.41, 5.74) is 7.00. The molecule has 0 amide bonds. The highest BCUT2D eigenvalue weighted by molar-refractivity contribution is 7.79. The summed E-state index contributed by atoms with van der Waals surface area (Å²) in [7, 11) is 0. The molecule has 0 bridgehead atoms. The lowest BCUT2D eigenvalue weighted by atomic mass is 9.95. The lowest BCUT2D eigenvalue weighted by Crippen LogP contribution is -2.07. The molecule has 4 heteroatoms. The molecule has 0 aliphatic heterocycles. The molecule has 3 nitrogen and oxygen atoms in total. The molecule has 0 fully saturated rings. The van der Waals surface area contributed by atoms with Gasteiger partial charge < -0.3 is 9.29 Å². The minimum absolute atomic E-state index is 0.103. The Bertz CT molecular complexity index is 1070. The zero-order valence-corrected chi connectivity index (χ0v) is 18.3. The molecule has 2 atom stereocenters. The summed E-state index contributed by atoms with van der Waals surface area (Å²) >= 11 is -1.89. The number of rotatable bonds is 7. The second kappa shape index (κ2) is 10.2. The van der Waals surface area contributed by atoms with E-state index in [1.54, 1.807) is 6.92 Å². The van der Waals surface area contributed by atoms with Crippen LogP contribution in [0.15, 0.2) is 66.7 Å². The fourth-order valence-electron chi connectivity index (χ4n) is 3.59. The van der Waals surface area contributed by atoms with E-state index in [2.05, 4.69) is 68.2 Å². The Morgan fingerprint density at radius 3 is 2.30 bits per heavy atom. The van der Waals surface area contributed by atoms with Gasteiger partial charge in [0.1, 0.15) is 12.4 Å². The van der Waals surface area contributed by atoms with Gasteiger partial charge in [-0.3, -0.25) is 0 Å². The summed E-state index contributed by atoms with van der Waals surface area (Å²) in [4.78, 5) is 0. The summed E-state index contributed by atoms with van der Waals surface area (Å²) in [5.74, 6) is 6.42. The van der Waals surface area contributed by atoms with E-state index >= 15 is 0 Å². The predicted octanol–water partition coefficient (Wildman–Crippen LogP) is 5.88. The van der Waals surface area contributed by atoms with Gasteiger partial charge in [0.2, 0.25) is 0 Å². The second-order valence-corrected chi connectivity index (χ2v) is 8.24. The monoisotopic (exact) mass is 418 g/mol. The molecule has 0 aliphatic carbocycles. The zero-order chi connectivity index (χ0) is 21.5. The molecule has 3 aromatic rings. The van der Waals surface area contributed by atoms with Gasteiger partial charge in [0.25, 0.3) is 0 Å². The third-order valence-corrected chi connectivity index (χ3v) is 5.63. The Morgan fingerprint density at radius 1 is 1.00 bits per heavy atom. The third kappa shape index (κ3) is 5.60. The Kier molecular flexibility index (Phi) is 7.46. The maximum Gasteiger partial charge on any atom is 0.154 e. The van der Waals surface area contributed by atoms with Crippen molar-refractivity contribution in [2.75, 3.05) is 5.75 Å². The average molecular weight is 419 g/mol. The number of hydrogen-bond acceptors (Lipinski definition) is 2. The maximum absolute atomic E-state index is 11.2. The molecule has 154 valence electrons. The molecule has 0 saturated heterocycles. The Morgan fingerprint density at radius 2 is 1.67 bits per heavy atom. The van der Waals surface area contributed by atoms with Crippen LogP contribution in [0.2, 0.25) is 0 Å². The number of aryl methyl sites for hydroxylation is 2. The molecule has 3 aromatic carbocycles. The van der Waals surface area contributed by atoms with Crippen molar-refractivity contribution in [3.05, 3.63) is 89.0 Å². The van der Waals surface area contributed by atoms with Gasteiger partial charge in [-0.25, -0.2) is 4.21 Å². The van der Waals surface area contributed by atoms with Crippen LogP contribution in [0.25, 0.3) is 11.1 Å². The first kappa shape index (κ1) is 21.8. The smallest absolute Gasteiger partial charge is 0.154 e. The van der Waals surface area contributed by atoms with Crippen molar-refractivity contribution < 1.29 is 13.5 Å². The SMILES string of the molecule is CC#CC(CS(=O)O)c1ccc(OCc2cccc(-c3c(C)cccc3C)c2)cc1. The number of ether oxygens (including phenoxy) is 1. The molecule has 30 heavy (non-hydrogen) atoms. The molecule has 0 heterocycles. The van der Waals surface area contributed by atoms with Gasteiger partial charge in [-0.15, -0.1) is 5.92 Å². The van der Waals surface area contributed by atoms with E-state index in [9.17, 15) is 8.76 Å². The van der Waals surface area contributed by atoms with Gasteiger partial charge in [0, 0.05) is 0 Å². The Hall–Kier alpha value is -2.87. The Balaban J connectivity index is 1.71. The molecule has 1 N–H and O–H groups in total. The first-order valence-electron chi connectivity index (χ1n) is 9.86. The van der Waals surface area contributed by atoms with Crippen molar-refractivity contribution in [3.63, 3.8) is 0 Å². The molecule has 0 spiro atoms. The van der Waals surface area contributed by atoms with Crippen molar-refractivity contribution in [1.29, 1.82) is 0 Å². The van der Waals surface area contributed by atoms with Crippen molar-refractivity contribution in [3.8, 4) is 28.7 Å². The summed E-state index contributed by atoms with van der Waals surface area (Å²) in [6.45, 7) is 6.47. The van der Waals surface area contributed by atoms with E-state index < -0.39 is 11.1 Å². The molecule has 3 rings (SSSR count). The van der Waals surface area contributed by atoms with Crippen LogP contribution in [-0.2, 0) is 17.7 Å². The standard InChI is InChI=1S/C26H26O3S/c1-4-7-24(18-30(27)28)22-12-14-25(15-13-22)29-17-21-10-6-11-23(16-21)26-19(2)8-5-9-20(26)3/h5-6,8-16,24H,17-18H2,1-3H3,(H,27,28). The molecule has 0 saturated carbocycles. The molecule has 0 aromatic heterocycles. The van der Waals surface area contributed by atoms with Gasteiger partial charge in [0.15, 0.2) is 11.1 Å². The van der Waals surface area contributed by atoms with Gasteiger partial charge in [0.05, 0.1) is 11.7 Å². The van der Waals surface area contributed by atoms with Crippen LogP contribution in [0.3, 0.4) is 0 Å². The number of benzene rings is 3. The largest absolute Gasteiger partial charge is 0.489 e. The van der Waals surface area contributed by atoms with Gasteiger partial charge in [-0.1, -0.05) is 54.5 Å². The van der Waals surface area contributed by atoms with Crippen LogP contribution in [0.4, 0.5) is 0 Å². The topological polar surface area (TPSA) is 46.5 Å². The van der Waals surface area contributed by atoms with E-state index in [1.165, 1.54) is 22.3 Å². The minimum atomic E-state index is -1.89. The van der Waals surface area contributed by atoms with Crippen LogP contribution in [0.1, 0.15) is 35.1 Å². The normalized spacial score (nSPS) is 12.5. The fourth-order valence-corrected chi connectivity index (χ4v) is 4.15. The van der Waals surface area contributed by atoms with Gasteiger partial charge in [-0.2, -0.15) is 0 Å². The van der Waals surface area contributed by atoms with E-state index in [1.807, 2.05) is 24.3 Å². The van der Waals surface area contributed by atoms with Crippen molar-refractivity contribution in [2.24, 2.45) is 0 Å². The molecule has 2 unspecified atom stereocenters. The van der Waals surface area contributed by atoms with Crippen LogP contribution >= 0.6 is 0 Å². The predicted molar refractivity (Wildman–Crippen MR) is 124 cm³/mol.